The Balaban J connectivity index is 1.49. The van der Waals surface area contributed by atoms with E-state index in [1.165, 1.54) is 0 Å². The lowest BCUT2D eigenvalue weighted by Gasteiger charge is -2.30. The molecule has 0 aromatic heterocycles. The number of rotatable bonds is 6. The number of para-hydroxylation sites is 2. The van der Waals surface area contributed by atoms with Crippen LogP contribution in [0.3, 0.4) is 0 Å². The van der Waals surface area contributed by atoms with Crippen LogP contribution < -0.4 is 14.8 Å². The zero-order valence-electron chi connectivity index (χ0n) is 14.3. The normalized spacial score (nSPS) is 24.2. The summed E-state index contributed by atoms with van der Waals surface area (Å²) in [5, 5.41) is 2.82. The van der Waals surface area contributed by atoms with E-state index in [4.69, 9.17) is 9.47 Å². The Morgan fingerprint density at radius 1 is 1.32 bits per heavy atom. The maximum absolute atomic E-state index is 12.2. The predicted octanol–water partition coefficient (Wildman–Crippen LogP) is 0.452. The van der Waals surface area contributed by atoms with Crippen molar-refractivity contribution in [2.24, 2.45) is 0 Å². The number of nitrogens with zero attached hydrogens (tertiary/aromatic N) is 1. The lowest BCUT2D eigenvalue weighted by atomic mass is 10.2. The van der Waals surface area contributed by atoms with E-state index in [1.54, 1.807) is 0 Å². The van der Waals surface area contributed by atoms with E-state index in [0.29, 0.717) is 26.1 Å². The fraction of sp³-hybridized carbons (Fsp3) is 0.588. The minimum atomic E-state index is -2.99. The molecular weight excluding hydrogens is 344 g/mol. The van der Waals surface area contributed by atoms with Crippen molar-refractivity contribution in [3.8, 4) is 11.5 Å². The van der Waals surface area contributed by atoms with Gasteiger partial charge in [0.1, 0.15) is 12.7 Å². The molecule has 25 heavy (non-hydrogen) atoms. The van der Waals surface area contributed by atoms with Gasteiger partial charge in [-0.3, -0.25) is 9.69 Å². The topological polar surface area (TPSA) is 84.9 Å². The molecule has 1 aromatic rings. The van der Waals surface area contributed by atoms with Crippen LogP contribution in [0.4, 0.5) is 0 Å². The molecule has 0 saturated carbocycles. The Morgan fingerprint density at radius 2 is 2.08 bits per heavy atom. The molecule has 0 radical (unpaired) electrons. The minimum Gasteiger partial charge on any atom is -0.486 e. The van der Waals surface area contributed by atoms with Crippen molar-refractivity contribution in [3.63, 3.8) is 0 Å². The third kappa shape index (κ3) is 4.85. The molecular formula is C17H24N2O5S. The lowest BCUT2D eigenvalue weighted by Crippen LogP contribution is -2.47. The highest BCUT2D eigenvalue weighted by molar-refractivity contribution is 7.91. The van der Waals surface area contributed by atoms with E-state index < -0.39 is 9.84 Å². The van der Waals surface area contributed by atoms with Crippen LogP contribution in [0.5, 0.6) is 11.5 Å². The second kappa shape index (κ2) is 7.61. The number of sulfone groups is 1. The number of ether oxygens (including phenoxy) is 2. The first-order chi connectivity index (χ1) is 11.9. The quantitative estimate of drug-likeness (QED) is 0.785. The maximum atomic E-state index is 12.2. The third-order valence-corrected chi connectivity index (χ3v) is 6.21. The van der Waals surface area contributed by atoms with Crippen LogP contribution >= 0.6 is 0 Å². The lowest BCUT2D eigenvalue weighted by molar-refractivity contribution is -0.123. The predicted molar refractivity (Wildman–Crippen MR) is 93.7 cm³/mol. The SMILES string of the molecule is CCN(CC(=O)N[C@@H]1CCS(=O)(=O)C1)C[C@H]1COc2ccccc2O1. The molecule has 2 heterocycles. The Labute approximate surface area is 148 Å². The van der Waals surface area contributed by atoms with Crippen LogP contribution in [0.25, 0.3) is 0 Å². The summed E-state index contributed by atoms with van der Waals surface area (Å²) < 4.78 is 34.6. The molecule has 1 saturated heterocycles. The number of fused-ring (bicyclic) bond motifs is 1. The first-order valence-corrected chi connectivity index (χ1v) is 10.4. The van der Waals surface area contributed by atoms with Gasteiger partial charge in [0.2, 0.25) is 5.91 Å². The van der Waals surface area contributed by atoms with Crippen molar-refractivity contribution in [1.82, 2.24) is 10.2 Å². The molecule has 2 atom stereocenters. The number of amides is 1. The van der Waals surface area contributed by atoms with E-state index in [-0.39, 0.29) is 36.1 Å². The summed E-state index contributed by atoms with van der Waals surface area (Å²) in [5.74, 6) is 1.50. The molecule has 1 amide bonds. The molecule has 7 nitrogen and oxygen atoms in total. The first kappa shape index (κ1) is 18.0. The van der Waals surface area contributed by atoms with E-state index >= 15 is 0 Å². The van der Waals surface area contributed by atoms with Crippen LogP contribution in [0.15, 0.2) is 24.3 Å². The molecule has 0 spiro atoms. The summed E-state index contributed by atoms with van der Waals surface area (Å²) >= 11 is 0. The Hall–Kier alpha value is -1.80. The second-order valence-corrected chi connectivity index (χ2v) is 8.72. The minimum absolute atomic E-state index is 0.0429. The number of carbonyl (C=O) groups is 1. The molecule has 0 aliphatic carbocycles. The Morgan fingerprint density at radius 3 is 2.76 bits per heavy atom. The van der Waals surface area contributed by atoms with Gasteiger partial charge in [-0.1, -0.05) is 19.1 Å². The summed E-state index contributed by atoms with van der Waals surface area (Å²) in [5.41, 5.74) is 0. The fourth-order valence-corrected chi connectivity index (χ4v) is 4.81. The van der Waals surface area contributed by atoms with E-state index in [9.17, 15) is 13.2 Å². The Kier molecular flexibility index (Phi) is 5.48. The highest BCUT2D eigenvalue weighted by atomic mass is 32.2. The van der Waals surface area contributed by atoms with Crippen molar-refractivity contribution in [1.29, 1.82) is 0 Å². The average Bonchev–Trinajstić information content (AvgIpc) is 2.92. The van der Waals surface area contributed by atoms with Crippen LogP contribution in [0.2, 0.25) is 0 Å². The van der Waals surface area contributed by atoms with Gasteiger partial charge in [0.15, 0.2) is 21.3 Å². The van der Waals surface area contributed by atoms with Crippen molar-refractivity contribution >= 4 is 15.7 Å². The third-order valence-electron chi connectivity index (χ3n) is 4.44. The van der Waals surface area contributed by atoms with E-state index in [2.05, 4.69) is 5.32 Å². The molecule has 1 aromatic carbocycles. The van der Waals surface area contributed by atoms with Gasteiger partial charge in [0, 0.05) is 12.6 Å². The summed E-state index contributed by atoms with van der Waals surface area (Å²) in [6.45, 7) is 3.90. The molecule has 0 bridgehead atoms. The molecule has 3 rings (SSSR count). The highest BCUT2D eigenvalue weighted by Gasteiger charge is 2.29. The number of carbonyl (C=O) groups excluding carboxylic acids is 1. The summed E-state index contributed by atoms with van der Waals surface area (Å²) in [7, 11) is -2.99. The van der Waals surface area contributed by atoms with Gasteiger partial charge < -0.3 is 14.8 Å². The Bertz CT molecular complexity index is 722. The summed E-state index contributed by atoms with van der Waals surface area (Å²) in [6.07, 6.45) is 0.353. The van der Waals surface area contributed by atoms with Crippen molar-refractivity contribution in [2.45, 2.75) is 25.5 Å². The summed E-state index contributed by atoms with van der Waals surface area (Å²) in [4.78, 5) is 14.2. The second-order valence-electron chi connectivity index (χ2n) is 6.49. The molecule has 1 N–H and O–H groups in total. The van der Waals surface area contributed by atoms with Gasteiger partial charge in [-0.25, -0.2) is 8.42 Å². The van der Waals surface area contributed by atoms with Gasteiger partial charge in [-0.15, -0.1) is 0 Å². The van der Waals surface area contributed by atoms with Crippen molar-refractivity contribution < 1.29 is 22.7 Å². The van der Waals surface area contributed by atoms with Gasteiger partial charge >= 0.3 is 0 Å². The van der Waals surface area contributed by atoms with Gasteiger partial charge in [0.05, 0.1) is 18.1 Å². The average molecular weight is 368 g/mol. The van der Waals surface area contributed by atoms with Crippen LogP contribution in [0.1, 0.15) is 13.3 Å². The first-order valence-electron chi connectivity index (χ1n) is 8.56. The number of hydrogen-bond acceptors (Lipinski definition) is 6. The molecule has 1 fully saturated rings. The zero-order valence-corrected chi connectivity index (χ0v) is 15.1. The van der Waals surface area contributed by atoms with Gasteiger partial charge in [-0.2, -0.15) is 0 Å². The largest absolute Gasteiger partial charge is 0.486 e. The molecule has 0 unspecified atom stereocenters. The molecule has 2 aliphatic rings. The molecule has 8 heteroatoms. The van der Waals surface area contributed by atoms with Gasteiger partial charge in [-0.05, 0) is 25.1 Å². The van der Waals surface area contributed by atoms with E-state index in [1.807, 2.05) is 36.1 Å². The van der Waals surface area contributed by atoms with E-state index in [0.717, 1.165) is 11.5 Å². The fourth-order valence-electron chi connectivity index (χ4n) is 3.13. The van der Waals surface area contributed by atoms with Crippen molar-refractivity contribution in [2.75, 3.05) is 37.7 Å². The van der Waals surface area contributed by atoms with Crippen molar-refractivity contribution in [3.05, 3.63) is 24.3 Å². The monoisotopic (exact) mass is 368 g/mol. The number of likely N-dealkylation sites (N-methyl/N-ethyl adjacent to an activating group) is 1. The standard InChI is InChI=1S/C17H24N2O5S/c1-2-19(10-17(20)18-13-7-8-25(21,22)12-13)9-14-11-23-15-5-3-4-6-16(15)24-14/h3-6,13-14H,2,7-12H2,1H3,(H,18,20)/t13-,14+/m1/s1. The molecule has 2 aliphatic heterocycles. The number of benzene rings is 1. The van der Waals surface area contributed by atoms with Gasteiger partial charge in [0.25, 0.3) is 0 Å². The number of nitrogens with one attached hydrogen (secondary N) is 1. The van der Waals surface area contributed by atoms with Crippen LogP contribution in [-0.4, -0.2) is 69.1 Å². The molecule has 138 valence electrons. The van der Waals surface area contributed by atoms with Crippen LogP contribution in [-0.2, 0) is 14.6 Å². The van der Waals surface area contributed by atoms with Crippen LogP contribution in [0, 0.1) is 0 Å². The number of hydrogen-bond donors (Lipinski definition) is 1. The summed E-state index contributed by atoms with van der Waals surface area (Å²) in [6, 6.07) is 7.26. The smallest absolute Gasteiger partial charge is 0.234 e. The highest BCUT2D eigenvalue weighted by Crippen LogP contribution is 2.30. The zero-order chi connectivity index (χ0) is 17.9. The maximum Gasteiger partial charge on any atom is 0.234 e.